The van der Waals surface area contributed by atoms with E-state index < -0.39 is 30.1 Å². The number of hydrogen-bond acceptors (Lipinski definition) is 5. The lowest BCUT2D eigenvalue weighted by Gasteiger charge is -2.17. The second-order valence-electron chi connectivity index (χ2n) is 5.81. The Labute approximate surface area is 157 Å². The van der Waals surface area contributed by atoms with Crippen LogP contribution in [0.4, 0.5) is 4.79 Å². The molecule has 0 aliphatic heterocycles. The molecule has 0 aliphatic carbocycles. The zero-order valence-corrected chi connectivity index (χ0v) is 15.2. The first-order valence-corrected chi connectivity index (χ1v) is 8.50. The fourth-order valence-corrected chi connectivity index (χ4v) is 2.11. The molecule has 0 saturated carbocycles. The van der Waals surface area contributed by atoms with Gasteiger partial charge in [-0.05, 0) is 31.5 Å². The van der Waals surface area contributed by atoms with Crippen LogP contribution in [0.15, 0.2) is 60.7 Å². The number of carbonyl (C=O) groups is 3. The van der Waals surface area contributed by atoms with Crippen molar-refractivity contribution in [2.75, 3.05) is 0 Å². The van der Waals surface area contributed by atoms with Gasteiger partial charge >= 0.3 is 12.0 Å². The molecule has 7 nitrogen and oxygen atoms in total. The first-order chi connectivity index (χ1) is 13.0. The van der Waals surface area contributed by atoms with E-state index in [-0.39, 0.29) is 6.54 Å². The molecule has 7 heteroatoms. The second kappa shape index (κ2) is 9.96. The molecule has 0 saturated heterocycles. The lowest BCUT2D eigenvalue weighted by molar-refractivity contribution is -0.160. The number of amides is 3. The molecule has 0 aliphatic rings. The average Bonchev–Trinajstić information content (AvgIpc) is 2.67. The summed E-state index contributed by atoms with van der Waals surface area (Å²) in [6, 6.07) is 17.4. The molecule has 0 bridgehead atoms. The number of benzene rings is 2. The summed E-state index contributed by atoms with van der Waals surface area (Å²) in [5.74, 6) is -0.911. The van der Waals surface area contributed by atoms with E-state index in [9.17, 15) is 14.4 Å². The number of hydrogen-bond donors (Lipinski definition) is 2. The zero-order chi connectivity index (χ0) is 19.6. The Hall–Kier alpha value is -3.35. The monoisotopic (exact) mass is 370 g/mol. The number of urea groups is 1. The fraction of sp³-hybridized carbons (Fsp3) is 0.250. The second-order valence-corrected chi connectivity index (χ2v) is 5.81. The third-order valence-electron chi connectivity index (χ3n) is 3.58. The Kier molecular flexibility index (Phi) is 7.37. The molecule has 0 spiro atoms. The Morgan fingerprint density at radius 1 is 0.889 bits per heavy atom. The molecule has 2 atom stereocenters. The van der Waals surface area contributed by atoms with Gasteiger partial charge in [-0.3, -0.25) is 10.1 Å². The van der Waals surface area contributed by atoms with Crippen molar-refractivity contribution in [1.29, 1.82) is 0 Å². The van der Waals surface area contributed by atoms with Gasteiger partial charge in [-0.1, -0.05) is 48.5 Å². The molecule has 2 N–H and O–H groups in total. The summed E-state index contributed by atoms with van der Waals surface area (Å²) in [4.78, 5) is 35.8. The molecule has 0 heterocycles. The van der Waals surface area contributed by atoms with E-state index in [0.717, 1.165) is 5.56 Å². The highest BCUT2D eigenvalue weighted by Crippen LogP contribution is 2.11. The van der Waals surface area contributed by atoms with E-state index in [0.29, 0.717) is 5.75 Å². The highest BCUT2D eigenvalue weighted by Gasteiger charge is 2.24. The number of nitrogens with one attached hydrogen (secondary N) is 2. The maximum absolute atomic E-state index is 12.0. The van der Waals surface area contributed by atoms with Crippen LogP contribution in [0.25, 0.3) is 0 Å². The first-order valence-electron chi connectivity index (χ1n) is 8.50. The minimum absolute atomic E-state index is 0.274. The van der Waals surface area contributed by atoms with Gasteiger partial charge in [0.25, 0.3) is 5.91 Å². The molecule has 0 fully saturated rings. The molecule has 3 amide bonds. The van der Waals surface area contributed by atoms with E-state index in [1.165, 1.54) is 13.8 Å². The molecule has 0 aromatic heterocycles. The lowest BCUT2D eigenvalue weighted by atomic mass is 10.2. The van der Waals surface area contributed by atoms with Gasteiger partial charge in [0.1, 0.15) is 5.75 Å². The normalized spacial score (nSPS) is 12.4. The number of ether oxygens (including phenoxy) is 2. The van der Waals surface area contributed by atoms with Crippen LogP contribution in [0.5, 0.6) is 5.75 Å². The smallest absolute Gasteiger partial charge is 0.347 e. The number of rotatable bonds is 7. The van der Waals surface area contributed by atoms with E-state index in [2.05, 4.69) is 10.6 Å². The van der Waals surface area contributed by atoms with Crippen LogP contribution in [-0.4, -0.2) is 30.1 Å². The molecule has 27 heavy (non-hydrogen) atoms. The maximum Gasteiger partial charge on any atom is 0.347 e. The number of imide groups is 1. The summed E-state index contributed by atoms with van der Waals surface area (Å²) in [7, 11) is 0. The van der Waals surface area contributed by atoms with Crippen molar-refractivity contribution in [3.8, 4) is 5.75 Å². The number of para-hydroxylation sites is 1. The lowest BCUT2D eigenvalue weighted by Crippen LogP contribution is -2.45. The van der Waals surface area contributed by atoms with Crippen molar-refractivity contribution < 1.29 is 23.9 Å². The Balaban J connectivity index is 1.75. The highest BCUT2D eigenvalue weighted by atomic mass is 16.6. The summed E-state index contributed by atoms with van der Waals surface area (Å²) < 4.78 is 10.5. The van der Waals surface area contributed by atoms with Crippen LogP contribution < -0.4 is 15.4 Å². The predicted molar refractivity (Wildman–Crippen MR) is 98.9 cm³/mol. The Morgan fingerprint density at radius 3 is 2.11 bits per heavy atom. The summed E-state index contributed by atoms with van der Waals surface area (Å²) in [5, 5.41) is 4.69. The molecule has 0 radical (unpaired) electrons. The van der Waals surface area contributed by atoms with Crippen LogP contribution in [0.1, 0.15) is 19.4 Å². The Morgan fingerprint density at radius 2 is 1.48 bits per heavy atom. The predicted octanol–water partition coefficient (Wildman–Crippen LogP) is 2.41. The van der Waals surface area contributed by atoms with Gasteiger partial charge in [0.05, 0.1) is 0 Å². The molecule has 2 rings (SSSR count). The van der Waals surface area contributed by atoms with Gasteiger partial charge < -0.3 is 14.8 Å². The fourth-order valence-electron chi connectivity index (χ4n) is 2.11. The largest absolute Gasteiger partial charge is 0.479 e. The first kappa shape index (κ1) is 20.0. The van der Waals surface area contributed by atoms with Gasteiger partial charge in [0.15, 0.2) is 12.2 Å². The van der Waals surface area contributed by atoms with Crippen LogP contribution >= 0.6 is 0 Å². The van der Waals surface area contributed by atoms with E-state index >= 15 is 0 Å². The molecule has 142 valence electrons. The third kappa shape index (κ3) is 6.81. The van der Waals surface area contributed by atoms with E-state index in [4.69, 9.17) is 9.47 Å². The topological polar surface area (TPSA) is 93.7 Å². The third-order valence-corrected chi connectivity index (χ3v) is 3.58. The van der Waals surface area contributed by atoms with Crippen molar-refractivity contribution in [1.82, 2.24) is 10.6 Å². The summed E-state index contributed by atoms with van der Waals surface area (Å²) in [6.07, 6.45) is -2.03. The standard InChI is InChI=1S/C20H22N2O5/c1-14(27-19(24)15(2)26-17-11-7-4-8-12-17)18(23)22-20(25)21-13-16-9-5-3-6-10-16/h3-12,14-15H,13H2,1-2H3,(H2,21,22,23,25). The summed E-state index contributed by atoms with van der Waals surface area (Å²) in [6.45, 7) is 3.18. The zero-order valence-electron chi connectivity index (χ0n) is 15.2. The van der Waals surface area contributed by atoms with E-state index in [1.54, 1.807) is 24.3 Å². The van der Waals surface area contributed by atoms with Gasteiger partial charge in [-0.25, -0.2) is 9.59 Å². The number of carbonyl (C=O) groups excluding carboxylic acids is 3. The minimum Gasteiger partial charge on any atom is -0.479 e. The molecular weight excluding hydrogens is 348 g/mol. The van der Waals surface area contributed by atoms with Crippen LogP contribution in [-0.2, 0) is 20.9 Å². The summed E-state index contributed by atoms with van der Waals surface area (Å²) >= 11 is 0. The molecule has 2 unspecified atom stereocenters. The molecule has 2 aromatic rings. The quantitative estimate of drug-likeness (QED) is 0.730. The van der Waals surface area contributed by atoms with Crippen LogP contribution in [0.3, 0.4) is 0 Å². The van der Waals surface area contributed by atoms with Gasteiger partial charge in [0, 0.05) is 6.54 Å². The van der Waals surface area contributed by atoms with Crippen molar-refractivity contribution in [2.45, 2.75) is 32.6 Å². The van der Waals surface area contributed by atoms with Crippen molar-refractivity contribution in [3.05, 3.63) is 66.2 Å². The van der Waals surface area contributed by atoms with Crippen molar-refractivity contribution in [3.63, 3.8) is 0 Å². The SMILES string of the molecule is CC(OC(=O)C(C)Oc1ccccc1)C(=O)NC(=O)NCc1ccccc1. The Bertz CT molecular complexity index is 764. The maximum atomic E-state index is 12.0. The van der Waals surface area contributed by atoms with Crippen molar-refractivity contribution >= 4 is 17.9 Å². The van der Waals surface area contributed by atoms with Crippen LogP contribution in [0, 0.1) is 0 Å². The summed E-state index contributed by atoms with van der Waals surface area (Å²) in [5.41, 5.74) is 0.895. The van der Waals surface area contributed by atoms with Gasteiger partial charge in [0.2, 0.25) is 0 Å². The number of esters is 1. The van der Waals surface area contributed by atoms with Gasteiger partial charge in [-0.15, -0.1) is 0 Å². The minimum atomic E-state index is -1.14. The van der Waals surface area contributed by atoms with Crippen molar-refractivity contribution in [2.24, 2.45) is 0 Å². The molecule has 2 aromatic carbocycles. The van der Waals surface area contributed by atoms with Gasteiger partial charge in [-0.2, -0.15) is 0 Å². The highest BCUT2D eigenvalue weighted by molar-refractivity contribution is 5.97. The average molecular weight is 370 g/mol. The van der Waals surface area contributed by atoms with Crippen LogP contribution in [0.2, 0.25) is 0 Å². The molecular formula is C20H22N2O5. The van der Waals surface area contributed by atoms with E-state index in [1.807, 2.05) is 36.4 Å².